The summed E-state index contributed by atoms with van der Waals surface area (Å²) < 4.78 is 4.19. The van der Waals surface area contributed by atoms with Gasteiger partial charge in [-0.2, -0.15) is 0 Å². The van der Waals surface area contributed by atoms with E-state index in [4.69, 9.17) is 0 Å². The Morgan fingerprint density at radius 1 is 0.976 bits per heavy atom. The number of aromatic nitrogens is 4. The van der Waals surface area contributed by atoms with Gasteiger partial charge in [-0.3, -0.25) is 9.59 Å². The fourth-order valence-corrected chi connectivity index (χ4v) is 6.77. The zero-order valence-corrected chi connectivity index (χ0v) is 23.2. The van der Waals surface area contributed by atoms with Crippen LogP contribution in [0.4, 0.5) is 0 Å². The Bertz CT molecular complexity index is 1820. The molecule has 0 saturated heterocycles. The standard InChI is InChI=1S/C33H33N5O3/c1-21-25-11-12-30-32(21)34-35-38(30)15-6-2-5-14-36-20-28(26-7-3-4-8-29(26)36)33(41)37-16-13-22-9-10-23(17-24(22)19-37)27(25)18-31(39)40/h3-4,7-12,17,20,27H,2,5-6,13-16,18-19H2,1H3,(H,39,40). The monoisotopic (exact) mass is 547 g/mol. The van der Waals surface area contributed by atoms with E-state index in [1.165, 1.54) is 5.56 Å². The van der Waals surface area contributed by atoms with E-state index < -0.39 is 5.97 Å². The number of carbonyl (C=O) groups excluding carboxylic acids is 1. The second kappa shape index (κ2) is 10.2. The summed E-state index contributed by atoms with van der Waals surface area (Å²) >= 11 is 0. The third-order valence-electron chi connectivity index (χ3n) is 8.96. The predicted molar refractivity (Wildman–Crippen MR) is 157 cm³/mol. The van der Waals surface area contributed by atoms with Gasteiger partial charge in [-0.05, 0) is 72.6 Å². The van der Waals surface area contributed by atoms with Crippen LogP contribution in [0.1, 0.15) is 69.8 Å². The molecule has 8 nitrogen and oxygen atoms in total. The van der Waals surface area contributed by atoms with Gasteiger partial charge in [0.1, 0.15) is 5.52 Å². The molecule has 0 aliphatic carbocycles. The molecular weight excluding hydrogens is 514 g/mol. The molecule has 9 bridgehead atoms. The maximum absolute atomic E-state index is 13.9. The molecule has 1 N–H and O–H groups in total. The average Bonchev–Trinajstić information content (AvgIpc) is 3.57. The number of hydrogen-bond acceptors (Lipinski definition) is 4. The summed E-state index contributed by atoms with van der Waals surface area (Å²) in [6.07, 6.45) is 5.77. The Labute approximate surface area is 238 Å². The molecule has 2 aromatic heterocycles. The van der Waals surface area contributed by atoms with E-state index >= 15 is 0 Å². The van der Waals surface area contributed by atoms with Crippen molar-refractivity contribution in [3.8, 4) is 0 Å². The Hall–Kier alpha value is -4.46. The number of para-hydroxylation sites is 1. The smallest absolute Gasteiger partial charge is 0.304 e. The number of hydrogen-bond donors (Lipinski definition) is 1. The number of aryl methyl sites for hydroxylation is 3. The van der Waals surface area contributed by atoms with Crippen LogP contribution in [0.3, 0.4) is 0 Å². The number of rotatable bonds is 2. The van der Waals surface area contributed by atoms with Gasteiger partial charge in [0.05, 0.1) is 17.5 Å². The maximum Gasteiger partial charge on any atom is 0.304 e. The summed E-state index contributed by atoms with van der Waals surface area (Å²) in [5.41, 5.74) is 8.82. The van der Waals surface area contributed by atoms with Crippen molar-refractivity contribution in [3.05, 3.63) is 94.2 Å². The topological polar surface area (TPSA) is 93.3 Å². The molecule has 41 heavy (non-hydrogen) atoms. The normalized spacial score (nSPS) is 17.6. The SMILES string of the molecule is Cc1c2ccc3c1nnn3CCCCCn1cc(c3ccccc31)C(=O)N1CCc3ccc(cc3C1)C2CC(=O)O. The zero-order valence-electron chi connectivity index (χ0n) is 23.2. The predicted octanol–water partition coefficient (Wildman–Crippen LogP) is 5.68. The first kappa shape index (κ1) is 25.5. The van der Waals surface area contributed by atoms with Crippen LogP contribution in [0.2, 0.25) is 0 Å². The van der Waals surface area contributed by atoms with Gasteiger partial charge in [0, 0.05) is 49.2 Å². The van der Waals surface area contributed by atoms with Crippen LogP contribution < -0.4 is 0 Å². The lowest BCUT2D eigenvalue weighted by Gasteiger charge is -2.30. The molecule has 0 radical (unpaired) electrons. The van der Waals surface area contributed by atoms with Crippen molar-refractivity contribution in [2.45, 2.75) is 64.6 Å². The first-order chi connectivity index (χ1) is 20.0. The van der Waals surface area contributed by atoms with E-state index in [2.05, 4.69) is 39.1 Å². The minimum absolute atomic E-state index is 0.0264. The number of carboxylic acid groups (broad SMARTS) is 1. The summed E-state index contributed by atoms with van der Waals surface area (Å²) in [6, 6.07) is 18.5. The second-order valence-electron chi connectivity index (χ2n) is 11.4. The van der Waals surface area contributed by atoms with Gasteiger partial charge in [-0.15, -0.1) is 5.10 Å². The van der Waals surface area contributed by atoms with Gasteiger partial charge < -0.3 is 14.6 Å². The Morgan fingerprint density at radius 2 is 1.83 bits per heavy atom. The highest BCUT2D eigenvalue weighted by molar-refractivity contribution is 6.07. The third kappa shape index (κ3) is 4.47. The quantitative estimate of drug-likeness (QED) is 0.307. The van der Waals surface area contributed by atoms with Crippen LogP contribution in [0, 0.1) is 6.92 Å². The molecule has 5 aromatic rings. The van der Waals surface area contributed by atoms with Gasteiger partial charge in [-0.1, -0.05) is 47.7 Å². The lowest BCUT2D eigenvalue weighted by Crippen LogP contribution is -2.36. The molecule has 3 aliphatic rings. The molecule has 1 unspecified atom stereocenters. The van der Waals surface area contributed by atoms with E-state index in [0.29, 0.717) is 13.1 Å². The first-order valence-electron chi connectivity index (χ1n) is 14.5. The molecule has 1 atom stereocenters. The van der Waals surface area contributed by atoms with Crippen molar-refractivity contribution in [2.24, 2.45) is 0 Å². The highest BCUT2D eigenvalue weighted by Crippen LogP contribution is 2.36. The first-order valence-corrected chi connectivity index (χ1v) is 14.5. The van der Waals surface area contributed by atoms with Crippen LogP contribution in [-0.4, -0.2) is 48.0 Å². The average molecular weight is 548 g/mol. The lowest BCUT2D eigenvalue weighted by atomic mass is 9.83. The molecule has 0 saturated carbocycles. The summed E-state index contributed by atoms with van der Waals surface area (Å²) in [7, 11) is 0. The van der Waals surface area contributed by atoms with E-state index in [1.54, 1.807) is 0 Å². The Balaban J connectivity index is 1.35. The number of amides is 1. The Morgan fingerprint density at radius 3 is 2.71 bits per heavy atom. The molecule has 1 amide bonds. The number of benzene rings is 3. The second-order valence-corrected chi connectivity index (χ2v) is 11.4. The number of nitrogens with zero attached hydrogens (tertiary/aromatic N) is 5. The summed E-state index contributed by atoms with van der Waals surface area (Å²) in [4.78, 5) is 28.0. The van der Waals surface area contributed by atoms with Gasteiger partial charge in [0.15, 0.2) is 0 Å². The molecule has 8 heteroatoms. The molecule has 3 aliphatic heterocycles. The number of carbonyl (C=O) groups is 2. The zero-order chi connectivity index (χ0) is 28.1. The molecule has 208 valence electrons. The van der Waals surface area contributed by atoms with Crippen LogP contribution in [-0.2, 0) is 30.8 Å². The van der Waals surface area contributed by atoms with Gasteiger partial charge in [0.25, 0.3) is 5.91 Å². The van der Waals surface area contributed by atoms with Crippen molar-refractivity contribution >= 4 is 33.8 Å². The highest BCUT2D eigenvalue weighted by Gasteiger charge is 2.27. The van der Waals surface area contributed by atoms with Crippen molar-refractivity contribution < 1.29 is 14.7 Å². The minimum Gasteiger partial charge on any atom is -0.481 e. The van der Waals surface area contributed by atoms with E-state index in [1.807, 2.05) is 53.0 Å². The van der Waals surface area contributed by atoms with Crippen LogP contribution in [0.5, 0.6) is 0 Å². The van der Waals surface area contributed by atoms with Crippen molar-refractivity contribution in [1.82, 2.24) is 24.5 Å². The largest absolute Gasteiger partial charge is 0.481 e. The molecule has 5 heterocycles. The fourth-order valence-electron chi connectivity index (χ4n) is 6.77. The maximum atomic E-state index is 13.9. The van der Waals surface area contributed by atoms with Gasteiger partial charge >= 0.3 is 5.97 Å². The van der Waals surface area contributed by atoms with Crippen LogP contribution >= 0.6 is 0 Å². The van der Waals surface area contributed by atoms with Gasteiger partial charge in [0.2, 0.25) is 0 Å². The van der Waals surface area contributed by atoms with E-state index in [0.717, 1.165) is 88.5 Å². The summed E-state index contributed by atoms with van der Waals surface area (Å²) in [5.74, 6) is -1.13. The third-order valence-corrected chi connectivity index (χ3v) is 8.96. The highest BCUT2D eigenvalue weighted by atomic mass is 16.4. The van der Waals surface area contributed by atoms with Crippen LogP contribution in [0.15, 0.2) is 60.8 Å². The lowest BCUT2D eigenvalue weighted by molar-refractivity contribution is -0.137. The molecule has 0 fully saturated rings. The number of fused-ring (bicyclic) bond motifs is 6. The van der Waals surface area contributed by atoms with Crippen LogP contribution in [0.25, 0.3) is 21.9 Å². The number of carboxylic acids is 1. The van der Waals surface area contributed by atoms with E-state index in [9.17, 15) is 14.7 Å². The molecule has 3 aromatic carbocycles. The molecule has 8 rings (SSSR count). The van der Waals surface area contributed by atoms with Crippen molar-refractivity contribution in [2.75, 3.05) is 6.54 Å². The molecule has 0 spiro atoms. The minimum atomic E-state index is -0.849. The van der Waals surface area contributed by atoms with Crippen molar-refractivity contribution in [1.29, 1.82) is 0 Å². The van der Waals surface area contributed by atoms with Gasteiger partial charge in [-0.25, -0.2) is 4.68 Å². The Kier molecular flexibility index (Phi) is 6.33. The number of aliphatic carboxylic acids is 1. The van der Waals surface area contributed by atoms with E-state index in [-0.39, 0.29) is 18.2 Å². The summed E-state index contributed by atoms with van der Waals surface area (Å²) in [6.45, 7) is 4.81. The fraction of sp³-hybridized carbons (Fsp3) is 0.333. The van der Waals surface area contributed by atoms with Crippen molar-refractivity contribution in [3.63, 3.8) is 0 Å². The summed E-state index contributed by atoms with van der Waals surface area (Å²) in [5, 5.41) is 19.9. The molecular formula is C33H33N5O3.